The molecule has 5 rings (SSSR count). The van der Waals surface area contributed by atoms with Gasteiger partial charge < -0.3 is 20.9 Å². The number of aliphatic imine (C=N–C) groups is 1. The molecule has 0 aliphatic carbocycles. The second-order valence-electron chi connectivity index (χ2n) is 8.74. The number of halogens is 1. The van der Waals surface area contributed by atoms with E-state index in [1.165, 1.54) is 4.68 Å². The van der Waals surface area contributed by atoms with Gasteiger partial charge in [0, 0.05) is 44.5 Å². The number of fused-ring (bicyclic) bond motifs is 1. The van der Waals surface area contributed by atoms with Crippen molar-refractivity contribution in [3.63, 3.8) is 0 Å². The zero-order chi connectivity index (χ0) is 23.8. The highest BCUT2D eigenvalue weighted by Crippen LogP contribution is 2.33. The average Bonchev–Trinajstić information content (AvgIpc) is 3.13. The molecule has 0 bridgehead atoms. The Morgan fingerprint density at radius 2 is 2.00 bits per heavy atom. The molecule has 0 aromatic carbocycles. The van der Waals surface area contributed by atoms with Gasteiger partial charge in [0.2, 0.25) is 5.91 Å². The van der Waals surface area contributed by atoms with Gasteiger partial charge in [-0.1, -0.05) is 0 Å². The maximum absolute atomic E-state index is 13.6. The fraction of sp³-hybridized carbons (Fsp3) is 0.455. The molecular formula is C22H24FN9O2. The Morgan fingerprint density at radius 3 is 2.74 bits per heavy atom. The molecular weight excluding hydrogens is 441 g/mol. The number of likely N-dealkylation sites (tertiary alicyclic amines) is 1. The first kappa shape index (κ1) is 21.8. The summed E-state index contributed by atoms with van der Waals surface area (Å²) in [7, 11) is 0. The van der Waals surface area contributed by atoms with Crippen molar-refractivity contribution < 1.29 is 14.0 Å². The van der Waals surface area contributed by atoms with Gasteiger partial charge in [-0.2, -0.15) is 10.4 Å². The zero-order valence-electron chi connectivity index (χ0n) is 18.4. The summed E-state index contributed by atoms with van der Waals surface area (Å²) in [6.45, 7) is 2.29. The van der Waals surface area contributed by atoms with Crippen LogP contribution in [0.1, 0.15) is 23.2 Å². The number of nitrogen functional groups attached to an aromatic ring is 1. The van der Waals surface area contributed by atoms with E-state index in [2.05, 4.69) is 31.4 Å². The van der Waals surface area contributed by atoms with E-state index in [4.69, 9.17) is 11.0 Å². The third kappa shape index (κ3) is 3.93. The molecule has 12 heteroatoms. The maximum Gasteiger partial charge on any atom is 0.263 e. The summed E-state index contributed by atoms with van der Waals surface area (Å²) in [5, 5.41) is 15.8. The van der Waals surface area contributed by atoms with Crippen LogP contribution in [0.15, 0.2) is 23.5 Å². The highest BCUT2D eigenvalue weighted by atomic mass is 19.1. The summed E-state index contributed by atoms with van der Waals surface area (Å²) in [6, 6.07) is 4.00. The Kier molecular flexibility index (Phi) is 5.61. The van der Waals surface area contributed by atoms with Crippen LogP contribution in [0.3, 0.4) is 0 Å². The number of nitrogens with zero attached hydrogens (tertiary/aromatic N) is 7. The molecule has 0 spiro atoms. The van der Waals surface area contributed by atoms with Crippen molar-refractivity contribution in [2.75, 3.05) is 42.1 Å². The van der Waals surface area contributed by atoms with Crippen LogP contribution < -0.4 is 16.0 Å². The highest BCUT2D eigenvalue weighted by molar-refractivity contribution is 6.11. The predicted molar refractivity (Wildman–Crippen MR) is 122 cm³/mol. The Bertz CT molecular complexity index is 1190. The lowest BCUT2D eigenvalue weighted by Gasteiger charge is -2.40. The van der Waals surface area contributed by atoms with E-state index in [-0.39, 0.29) is 41.5 Å². The summed E-state index contributed by atoms with van der Waals surface area (Å²) in [4.78, 5) is 37.8. The van der Waals surface area contributed by atoms with Crippen LogP contribution in [-0.4, -0.2) is 70.0 Å². The quantitative estimate of drug-likeness (QED) is 0.693. The van der Waals surface area contributed by atoms with E-state index < -0.39 is 12.1 Å². The first-order valence-electron chi connectivity index (χ1n) is 11.2. The second-order valence-corrected chi connectivity index (χ2v) is 8.74. The minimum Gasteiger partial charge on any atom is -0.381 e. The summed E-state index contributed by atoms with van der Waals surface area (Å²) in [6.07, 6.45) is 4.42. The fourth-order valence-corrected chi connectivity index (χ4v) is 4.62. The molecule has 176 valence electrons. The van der Waals surface area contributed by atoms with Crippen LogP contribution in [0.4, 0.5) is 27.4 Å². The summed E-state index contributed by atoms with van der Waals surface area (Å²) in [5.41, 5.74) is 7.31. The molecule has 2 fully saturated rings. The molecule has 34 heavy (non-hydrogen) atoms. The number of alkyl halides is 1. The molecule has 3 N–H and O–H groups in total. The summed E-state index contributed by atoms with van der Waals surface area (Å²) >= 11 is 0. The number of carbonyl (C=O) groups excluding carboxylic acids is 2. The maximum atomic E-state index is 13.6. The Morgan fingerprint density at radius 1 is 1.24 bits per heavy atom. The highest BCUT2D eigenvalue weighted by Gasteiger charge is 2.36. The van der Waals surface area contributed by atoms with Gasteiger partial charge in [-0.3, -0.25) is 14.6 Å². The van der Waals surface area contributed by atoms with Crippen LogP contribution in [0.5, 0.6) is 0 Å². The van der Waals surface area contributed by atoms with Crippen LogP contribution in [0, 0.1) is 23.2 Å². The lowest BCUT2D eigenvalue weighted by atomic mass is 9.91. The molecule has 2 aromatic rings. The Labute approximate surface area is 195 Å². The van der Waals surface area contributed by atoms with Crippen LogP contribution in [0.25, 0.3) is 0 Å². The van der Waals surface area contributed by atoms with Crippen molar-refractivity contribution in [1.82, 2.24) is 19.7 Å². The van der Waals surface area contributed by atoms with E-state index in [1.807, 2.05) is 6.07 Å². The third-order valence-corrected chi connectivity index (χ3v) is 6.49. The molecule has 5 heterocycles. The topological polar surface area (TPSA) is 146 Å². The fourth-order valence-electron chi connectivity index (χ4n) is 4.62. The van der Waals surface area contributed by atoms with Gasteiger partial charge in [0.1, 0.15) is 5.56 Å². The van der Waals surface area contributed by atoms with Crippen molar-refractivity contribution in [2.24, 2.45) is 16.8 Å². The van der Waals surface area contributed by atoms with E-state index in [0.717, 1.165) is 11.9 Å². The molecule has 3 aliphatic heterocycles. The number of pyridine rings is 1. The van der Waals surface area contributed by atoms with Gasteiger partial charge in [0.15, 0.2) is 17.8 Å². The zero-order valence-corrected chi connectivity index (χ0v) is 18.4. The summed E-state index contributed by atoms with van der Waals surface area (Å²) in [5.74, 6) is -0.297. The second kappa shape index (κ2) is 8.74. The van der Waals surface area contributed by atoms with E-state index in [9.17, 15) is 14.0 Å². The predicted octanol–water partition coefficient (Wildman–Crippen LogP) is 1.36. The number of anilines is 3. The molecule has 3 aliphatic rings. The van der Waals surface area contributed by atoms with E-state index in [1.54, 1.807) is 17.3 Å². The van der Waals surface area contributed by atoms with E-state index >= 15 is 0 Å². The molecule has 1 atom stereocenters. The lowest BCUT2D eigenvalue weighted by Crippen LogP contribution is -2.53. The molecule has 2 aromatic heterocycles. The molecule has 0 radical (unpaired) electrons. The lowest BCUT2D eigenvalue weighted by molar-refractivity contribution is -0.141. The number of nitrogens with two attached hydrogens (primary N) is 1. The molecule has 0 saturated carbocycles. The van der Waals surface area contributed by atoms with Crippen molar-refractivity contribution in [2.45, 2.75) is 25.6 Å². The summed E-state index contributed by atoms with van der Waals surface area (Å²) < 4.78 is 14.9. The Hall–Kier alpha value is -4.01. The van der Waals surface area contributed by atoms with Crippen LogP contribution >= 0.6 is 0 Å². The molecule has 2 amide bonds. The number of nitrogens with one attached hydrogen (secondary N) is 1. The number of rotatable bonds is 4. The van der Waals surface area contributed by atoms with Gasteiger partial charge in [0.05, 0.1) is 36.1 Å². The molecule has 11 nitrogen and oxygen atoms in total. The van der Waals surface area contributed by atoms with Crippen LogP contribution in [-0.2, 0) is 11.3 Å². The normalized spacial score (nSPS) is 20.4. The number of carbonyl (C=O) groups is 2. The van der Waals surface area contributed by atoms with Gasteiger partial charge in [-0.25, -0.2) is 14.1 Å². The first-order valence-corrected chi connectivity index (χ1v) is 11.2. The monoisotopic (exact) mass is 465 g/mol. The van der Waals surface area contributed by atoms with E-state index in [0.29, 0.717) is 44.7 Å². The van der Waals surface area contributed by atoms with Crippen molar-refractivity contribution in [3.05, 3.63) is 24.0 Å². The number of hydrogen-bond donors (Lipinski definition) is 2. The number of nitriles is 1. The average molecular weight is 465 g/mol. The number of hydrogen-bond acceptors (Lipinski definition) is 8. The largest absolute Gasteiger partial charge is 0.381 e. The molecule has 2 saturated heterocycles. The number of piperidine rings is 1. The van der Waals surface area contributed by atoms with Gasteiger partial charge >= 0.3 is 0 Å². The van der Waals surface area contributed by atoms with Gasteiger partial charge in [-0.05, 0) is 18.9 Å². The number of aromatic nitrogens is 3. The number of amides is 2. The van der Waals surface area contributed by atoms with Crippen LogP contribution in [0.2, 0.25) is 0 Å². The minimum atomic E-state index is -1.28. The Balaban J connectivity index is 1.27. The van der Waals surface area contributed by atoms with Gasteiger partial charge in [-0.15, -0.1) is 0 Å². The van der Waals surface area contributed by atoms with Gasteiger partial charge in [0.25, 0.3) is 5.91 Å². The first-order chi connectivity index (χ1) is 16.4. The smallest absolute Gasteiger partial charge is 0.263 e. The minimum absolute atomic E-state index is 0.0202. The molecule has 1 unspecified atom stereocenters. The van der Waals surface area contributed by atoms with Crippen molar-refractivity contribution >= 4 is 41.0 Å². The third-order valence-electron chi connectivity index (χ3n) is 6.49. The van der Waals surface area contributed by atoms with Crippen molar-refractivity contribution in [1.29, 1.82) is 5.26 Å². The SMILES string of the molecule is N#CC1CN(C(=O)C2CCN(c3ccncc3NC(=O)c3c(N)nn4c3N=CC(F)C4)CC2)C1. The van der Waals surface area contributed by atoms with Crippen molar-refractivity contribution in [3.8, 4) is 6.07 Å². The standard InChI is InChI=1S/C22H24FN9O2/c23-15-8-27-20-18(19(25)29-32(20)12-15)21(33)28-16-9-26-4-1-17(16)30-5-2-14(3-6-30)22(34)31-10-13(7-24)11-31/h1,4,8-9,13-15H,2-3,5-6,10-12H2,(H2,25,29)(H,28,33).